The van der Waals surface area contributed by atoms with E-state index in [0.29, 0.717) is 12.5 Å². The van der Waals surface area contributed by atoms with Gasteiger partial charge < -0.3 is 24.3 Å². The summed E-state index contributed by atoms with van der Waals surface area (Å²) in [7, 11) is 0. The zero-order valence-electron chi connectivity index (χ0n) is 23.5. The van der Waals surface area contributed by atoms with Gasteiger partial charge in [0, 0.05) is 37.7 Å². The summed E-state index contributed by atoms with van der Waals surface area (Å²) in [4.78, 5) is 26.4. The van der Waals surface area contributed by atoms with Crippen LogP contribution in [0.2, 0.25) is 0 Å². The summed E-state index contributed by atoms with van der Waals surface area (Å²) < 4.78 is 16.4. The molecular weight excluding hydrogens is 496 g/mol. The van der Waals surface area contributed by atoms with Crippen molar-refractivity contribution in [3.05, 3.63) is 46.0 Å². The van der Waals surface area contributed by atoms with Gasteiger partial charge in [-0.05, 0) is 92.2 Å². The third-order valence-corrected chi connectivity index (χ3v) is 11.4. The number of rotatable bonds is 5. The van der Waals surface area contributed by atoms with Gasteiger partial charge in [0.05, 0.1) is 25.1 Å². The second-order valence-electron chi connectivity index (χ2n) is 13.1. The van der Waals surface area contributed by atoms with E-state index in [1.807, 2.05) is 6.07 Å². The van der Waals surface area contributed by atoms with E-state index in [2.05, 4.69) is 30.1 Å². The first-order valence-corrected chi connectivity index (χ1v) is 15.0. The molecule has 0 aromatic carbocycles. The number of nitrogens with zero attached hydrogens (tertiary/aromatic N) is 1. The number of ether oxygens (including phenoxy) is 2. The van der Waals surface area contributed by atoms with Gasteiger partial charge in [-0.1, -0.05) is 19.4 Å². The van der Waals surface area contributed by atoms with Crippen molar-refractivity contribution >= 4 is 6.09 Å². The van der Waals surface area contributed by atoms with Crippen molar-refractivity contribution in [1.29, 1.82) is 0 Å². The number of morpholine rings is 1. The maximum absolute atomic E-state index is 12.5. The van der Waals surface area contributed by atoms with Crippen molar-refractivity contribution in [2.24, 2.45) is 22.7 Å². The van der Waals surface area contributed by atoms with Crippen LogP contribution in [0.5, 0.6) is 0 Å². The highest BCUT2D eigenvalue weighted by atomic mass is 16.6. The molecule has 4 aliphatic carbocycles. The van der Waals surface area contributed by atoms with Crippen LogP contribution in [0, 0.1) is 22.7 Å². The average molecular weight is 541 g/mol. The molecular formula is C31H44N2O6. The van der Waals surface area contributed by atoms with Gasteiger partial charge in [-0.3, -0.25) is 4.90 Å². The largest absolute Gasteiger partial charge is 0.442 e. The molecule has 1 saturated heterocycles. The summed E-state index contributed by atoms with van der Waals surface area (Å²) in [5, 5.41) is 15.3. The zero-order chi connectivity index (χ0) is 27.3. The minimum absolute atomic E-state index is 0.0320. The second-order valence-corrected chi connectivity index (χ2v) is 13.1. The van der Waals surface area contributed by atoms with Crippen molar-refractivity contribution in [3.63, 3.8) is 0 Å². The minimum atomic E-state index is -0.723. The fourth-order valence-electron chi connectivity index (χ4n) is 9.18. The number of fused-ring (bicyclic) bond motifs is 5. The predicted octanol–water partition coefficient (Wildman–Crippen LogP) is 4.23. The number of alkyl carbamates (subject to hydrolysis) is 1. The number of nitrogens with one attached hydrogen (secondary N) is 1. The Morgan fingerprint density at radius 1 is 1.10 bits per heavy atom. The summed E-state index contributed by atoms with van der Waals surface area (Å²) in [5.74, 6) is 0.870. The van der Waals surface area contributed by atoms with Gasteiger partial charge in [0.1, 0.15) is 6.10 Å². The molecule has 2 heterocycles. The summed E-state index contributed by atoms with van der Waals surface area (Å²) in [5.41, 5.74) is 1.20. The molecule has 0 unspecified atom stereocenters. The molecule has 1 aromatic heterocycles. The van der Waals surface area contributed by atoms with Crippen LogP contribution in [0.4, 0.5) is 4.79 Å². The maximum Gasteiger partial charge on any atom is 0.407 e. The Morgan fingerprint density at radius 3 is 2.69 bits per heavy atom. The van der Waals surface area contributed by atoms with Gasteiger partial charge in [-0.25, -0.2) is 9.59 Å². The second kappa shape index (κ2) is 10.3. The number of aliphatic hydroxyl groups is 1. The molecule has 3 saturated carbocycles. The molecule has 4 fully saturated rings. The summed E-state index contributed by atoms with van der Waals surface area (Å²) >= 11 is 0. The molecule has 1 aliphatic heterocycles. The highest BCUT2D eigenvalue weighted by molar-refractivity contribution is 5.67. The number of carbonyl (C=O) groups excluding carboxylic acids is 1. The Morgan fingerprint density at radius 2 is 1.92 bits per heavy atom. The fourth-order valence-corrected chi connectivity index (χ4v) is 9.18. The molecule has 1 amide bonds. The SMILES string of the molecule is C[C@]12CC[C@H](OC(=O)NCCN3CCOCC3)C=C1CC[C@@H]1[C@@H]2CC[C@]2(C)[C@@H](c3ccc(=O)oc3)CC[C@]12O. The quantitative estimate of drug-likeness (QED) is 0.539. The van der Waals surface area contributed by atoms with E-state index in [9.17, 15) is 14.7 Å². The molecule has 0 spiro atoms. The summed E-state index contributed by atoms with van der Waals surface area (Å²) in [6.45, 7) is 9.37. The van der Waals surface area contributed by atoms with E-state index in [0.717, 1.165) is 89.8 Å². The fraction of sp³-hybridized carbons (Fsp3) is 0.742. The van der Waals surface area contributed by atoms with Crippen molar-refractivity contribution in [2.75, 3.05) is 39.4 Å². The molecule has 8 nitrogen and oxygen atoms in total. The van der Waals surface area contributed by atoms with E-state index in [1.165, 1.54) is 11.6 Å². The topological polar surface area (TPSA) is 101 Å². The molecule has 39 heavy (non-hydrogen) atoms. The molecule has 6 rings (SSSR count). The normalized spacial score (nSPS) is 40.1. The summed E-state index contributed by atoms with van der Waals surface area (Å²) in [6, 6.07) is 3.40. The number of carbonyl (C=O) groups is 1. The molecule has 7 atom stereocenters. The van der Waals surface area contributed by atoms with Gasteiger partial charge in [0.25, 0.3) is 0 Å². The monoisotopic (exact) mass is 540 g/mol. The van der Waals surface area contributed by atoms with Crippen LogP contribution in [-0.2, 0) is 9.47 Å². The number of hydrogen-bond donors (Lipinski definition) is 2. The van der Waals surface area contributed by atoms with Crippen LogP contribution < -0.4 is 10.9 Å². The Kier molecular flexibility index (Phi) is 7.17. The third kappa shape index (κ3) is 4.66. The van der Waals surface area contributed by atoms with E-state index in [-0.39, 0.29) is 40.5 Å². The van der Waals surface area contributed by atoms with Crippen LogP contribution in [-0.4, -0.2) is 67.2 Å². The number of hydrogen-bond acceptors (Lipinski definition) is 7. The Hall–Kier alpha value is -2.16. The van der Waals surface area contributed by atoms with E-state index >= 15 is 0 Å². The Balaban J connectivity index is 1.11. The van der Waals surface area contributed by atoms with E-state index in [4.69, 9.17) is 13.9 Å². The maximum atomic E-state index is 12.5. The van der Waals surface area contributed by atoms with Crippen molar-refractivity contribution in [1.82, 2.24) is 10.2 Å². The lowest BCUT2D eigenvalue weighted by atomic mass is 9.45. The Labute approximate surface area is 231 Å². The number of allylic oxidation sites excluding steroid dienone is 1. The third-order valence-electron chi connectivity index (χ3n) is 11.4. The van der Waals surface area contributed by atoms with E-state index < -0.39 is 5.60 Å². The smallest absolute Gasteiger partial charge is 0.407 e. The minimum Gasteiger partial charge on any atom is -0.442 e. The van der Waals surface area contributed by atoms with Crippen molar-refractivity contribution in [2.45, 2.75) is 82.8 Å². The van der Waals surface area contributed by atoms with Crippen LogP contribution in [0.25, 0.3) is 0 Å². The van der Waals surface area contributed by atoms with Gasteiger partial charge in [-0.2, -0.15) is 0 Å². The molecule has 8 heteroatoms. The lowest BCUT2D eigenvalue weighted by molar-refractivity contribution is -0.178. The molecule has 0 radical (unpaired) electrons. The average Bonchev–Trinajstić information content (AvgIpc) is 3.21. The predicted molar refractivity (Wildman–Crippen MR) is 146 cm³/mol. The first-order chi connectivity index (χ1) is 18.7. The highest BCUT2D eigenvalue weighted by Gasteiger charge is 2.66. The molecule has 214 valence electrons. The Bertz CT molecular complexity index is 1140. The lowest BCUT2D eigenvalue weighted by Crippen LogP contribution is -2.60. The van der Waals surface area contributed by atoms with Crippen LogP contribution in [0.1, 0.15) is 76.7 Å². The molecule has 5 aliphatic rings. The van der Waals surface area contributed by atoms with Gasteiger partial charge in [0.15, 0.2) is 0 Å². The highest BCUT2D eigenvalue weighted by Crippen LogP contribution is 2.70. The lowest BCUT2D eigenvalue weighted by Gasteiger charge is -2.61. The van der Waals surface area contributed by atoms with Gasteiger partial charge in [-0.15, -0.1) is 0 Å². The molecule has 1 aromatic rings. The van der Waals surface area contributed by atoms with Crippen molar-refractivity contribution < 1.29 is 23.8 Å². The number of amides is 1. The van der Waals surface area contributed by atoms with Gasteiger partial charge >= 0.3 is 11.7 Å². The van der Waals surface area contributed by atoms with Crippen molar-refractivity contribution in [3.8, 4) is 0 Å². The first-order valence-electron chi connectivity index (χ1n) is 15.0. The summed E-state index contributed by atoms with van der Waals surface area (Å²) in [6.07, 6.45) is 10.8. The molecule has 2 N–H and O–H groups in total. The van der Waals surface area contributed by atoms with Gasteiger partial charge in [0.2, 0.25) is 0 Å². The first kappa shape index (κ1) is 27.0. The zero-order valence-corrected chi connectivity index (χ0v) is 23.5. The molecule has 0 bridgehead atoms. The standard InChI is InChI=1S/C31H44N2O6/c1-29-10-7-23(39-28(35)32-13-14-33-15-17-37-18-16-33)19-22(29)4-5-26-25(29)8-11-30(2)24(9-12-31(26,30)36)21-3-6-27(34)38-20-21/h3,6,19-20,23-26,36H,4-5,7-18H2,1-2H3,(H,32,35)/t23-,24+,25-,26+,29-,30+,31-/m0/s1. The van der Waals surface area contributed by atoms with Crippen LogP contribution in [0.3, 0.4) is 0 Å². The van der Waals surface area contributed by atoms with Crippen LogP contribution >= 0.6 is 0 Å². The van der Waals surface area contributed by atoms with E-state index in [1.54, 1.807) is 6.26 Å². The van der Waals surface area contributed by atoms with Crippen LogP contribution in [0.15, 0.2) is 39.3 Å².